The number of aromatic hydroxyl groups is 1. The summed E-state index contributed by atoms with van der Waals surface area (Å²) in [4.78, 5) is 10.8. The van der Waals surface area contributed by atoms with E-state index in [0.717, 1.165) is 16.9 Å². The quantitative estimate of drug-likeness (QED) is 0.452. The average molecular weight is 315 g/mol. The second-order valence-electron chi connectivity index (χ2n) is 4.22. The van der Waals surface area contributed by atoms with Crippen molar-refractivity contribution in [2.75, 3.05) is 0 Å². The molecule has 0 unspecified atom stereocenters. The van der Waals surface area contributed by atoms with Gasteiger partial charge in [-0.25, -0.2) is 0 Å². The minimum Gasteiger partial charge on any atom is -0.508 e. The molecular formula is C13H9N5O3S. The first-order valence-electron chi connectivity index (χ1n) is 6.11. The maximum Gasteiger partial charge on any atom is 0.324 e. The van der Waals surface area contributed by atoms with Gasteiger partial charge in [0.2, 0.25) is 0 Å². The number of aromatic nitrogens is 3. The van der Waals surface area contributed by atoms with Gasteiger partial charge in [0.25, 0.3) is 0 Å². The fraction of sp³-hybridized carbons (Fsp3) is 0. The van der Waals surface area contributed by atoms with Crippen LogP contribution in [0.4, 0.5) is 5.00 Å². The van der Waals surface area contributed by atoms with E-state index in [0.29, 0.717) is 10.7 Å². The lowest BCUT2D eigenvalue weighted by molar-refractivity contribution is -0.380. The van der Waals surface area contributed by atoms with Crippen LogP contribution in [-0.4, -0.2) is 31.1 Å². The monoisotopic (exact) mass is 315 g/mol. The summed E-state index contributed by atoms with van der Waals surface area (Å²) in [6.45, 7) is 0. The molecule has 1 N–H and O–H groups in total. The number of phenolic OH excluding ortho intramolecular Hbond substituents is 1. The highest BCUT2D eigenvalue weighted by atomic mass is 32.1. The van der Waals surface area contributed by atoms with Gasteiger partial charge in [0.1, 0.15) is 12.1 Å². The van der Waals surface area contributed by atoms with Crippen molar-refractivity contribution >= 4 is 22.6 Å². The third-order valence-corrected chi connectivity index (χ3v) is 3.73. The van der Waals surface area contributed by atoms with E-state index in [9.17, 15) is 15.2 Å². The summed E-state index contributed by atoms with van der Waals surface area (Å²) in [5.74, 6) is 0.659. The van der Waals surface area contributed by atoms with Gasteiger partial charge in [-0.3, -0.25) is 10.1 Å². The Bertz CT molecular complexity index is 837. The van der Waals surface area contributed by atoms with Crippen molar-refractivity contribution in [3.63, 3.8) is 0 Å². The molecule has 22 heavy (non-hydrogen) atoms. The normalized spacial score (nSPS) is 11.1. The molecule has 0 amide bonds. The third-order valence-electron chi connectivity index (χ3n) is 2.76. The van der Waals surface area contributed by atoms with Gasteiger partial charge in [0.05, 0.1) is 16.0 Å². The lowest BCUT2D eigenvalue weighted by Gasteiger charge is -2.00. The summed E-state index contributed by atoms with van der Waals surface area (Å²) in [6.07, 6.45) is 2.94. The van der Waals surface area contributed by atoms with Gasteiger partial charge in [-0.2, -0.15) is 9.78 Å². The Morgan fingerprint density at radius 1 is 1.27 bits per heavy atom. The molecule has 3 aromatic rings. The number of phenols is 1. The molecule has 0 fully saturated rings. The molecule has 0 bridgehead atoms. The van der Waals surface area contributed by atoms with Gasteiger partial charge in [-0.15, -0.1) is 10.2 Å². The molecular weight excluding hydrogens is 306 g/mol. The maximum atomic E-state index is 10.6. The lowest BCUT2D eigenvalue weighted by Crippen LogP contribution is -1.92. The SMILES string of the molecule is O=[N+]([O-])c1ccc(/C=N/n2cnnc2-c2ccc(O)cc2)s1. The maximum absolute atomic E-state index is 10.6. The van der Waals surface area contributed by atoms with E-state index in [2.05, 4.69) is 15.3 Å². The molecule has 110 valence electrons. The van der Waals surface area contributed by atoms with Gasteiger partial charge < -0.3 is 5.11 Å². The number of nitrogens with zero attached hydrogens (tertiary/aromatic N) is 5. The van der Waals surface area contributed by atoms with Crippen LogP contribution in [0.15, 0.2) is 47.8 Å². The molecule has 0 saturated carbocycles. The zero-order valence-electron chi connectivity index (χ0n) is 11.0. The molecule has 0 aliphatic rings. The number of benzene rings is 1. The summed E-state index contributed by atoms with van der Waals surface area (Å²) in [5.41, 5.74) is 0.740. The van der Waals surface area contributed by atoms with E-state index in [1.165, 1.54) is 23.3 Å². The first-order valence-corrected chi connectivity index (χ1v) is 6.93. The van der Waals surface area contributed by atoms with E-state index in [-0.39, 0.29) is 10.8 Å². The van der Waals surface area contributed by atoms with Crippen LogP contribution in [0.2, 0.25) is 0 Å². The van der Waals surface area contributed by atoms with E-state index in [1.807, 2.05) is 0 Å². The predicted octanol–water partition coefficient (Wildman–Crippen LogP) is 2.50. The van der Waals surface area contributed by atoms with Gasteiger partial charge in [-0.05, 0) is 30.3 Å². The Labute approximate surface area is 128 Å². The van der Waals surface area contributed by atoms with Crippen LogP contribution >= 0.6 is 11.3 Å². The van der Waals surface area contributed by atoms with E-state index in [1.54, 1.807) is 30.3 Å². The highest BCUT2D eigenvalue weighted by Crippen LogP contribution is 2.23. The largest absolute Gasteiger partial charge is 0.508 e. The van der Waals surface area contributed by atoms with Crippen LogP contribution in [0.3, 0.4) is 0 Å². The zero-order chi connectivity index (χ0) is 15.5. The molecule has 0 aliphatic carbocycles. The Hall–Kier alpha value is -3.07. The summed E-state index contributed by atoms with van der Waals surface area (Å²) >= 11 is 1.03. The second kappa shape index (κ2) is 5.74. The van der Waals surface area contributed by atoms with Crippen molar-refractivity contribution in [3.05, 3.63) is 57.7 Å². The number of rotatable bonds is 4. The summed E-state index contributed by atoms with van der Waals surface area (Å²) in [7, 11) is 0. The van der Waals surface area contributed by atoms with E-state index < -0.39 is 4.92 Å². The van der Waals surface area contributed by atoms with Crippen molar-refractivity contribution in [2.24, 2.45) is 5.10 Å². The van der Waals surface area contributed by atoms with Crippen molar-refractivity contribution in [1.29, 1.82) is 0 Å². The Morgan fingerprint density at radius 3 is 2.73 bits per heavy atom. The van der Waals surface area contributed by atoms with Crippen molar-refractivity contribution < 1.29 is 10.0 Å². The fourth-order valence-electron chi connectivity index (χ4n) is 1.74. The summed E-state index contributed by atoms with van der Waals surface area (Å²) < 4.78 is 1.46. The van der Waals surface area contributed by atoms with Crippen LogP contribution in [0, 0.1) is 10.1 Å². The zero-order valence-corrected chi connectivity index (χ0v) is 11.8. The Balaban J connectivity index is 1.86. The molecule has 0 spiro atoms. The van der Waals surface area contributed by atoms with Crippen LogP contribution in [0.1, 0.15) is 4.88 Å². The Morgan fingerprint density at radius 2 is 2.05 bits per heavy atom. The summed E-state index contributed by atoms with van der Waals surface area (Å²) in [6, 6.07) is 9.53. The van der Waals surface area contributed by atoms with E-state index >= 15 is 0 Å². The van der Waals surface area contributed by atoms with Crippen molar-refractivity contribution in [1.82, 2.24) is 14.9 Å². The van der Waals surface area contributed by atoms with E-state index in [4.69, 9.17) is 0 Å². The standard InChI is InChI=1S/C13H9N5O3S/c19-10-3-1-9(2-4-10)13-16-14-8-17(13)15-7-11-5-6-12(22-11)18(20)21/h1-8,19H/b15-7+. The second-order valence-corrected chi connectivity index (χ2v) is 5.32. The van der Waals surface area contributed by atoms with Crippen LogP contribution in [0.25, 0.3) is 11.4 Å². The summed E-state index contributed by atoms with van der Waals surface area (Å²) in [5, 5.41) is 32.0. The average Bonchev–Trinajstić information content (AvgIpc) is 3.15. The van der Waals surface area contributed by atoms with Gasteiger partial charge in [0.15, 0.2) is 5.82 Å². The first-order chi connectivity index (χ1) is 10.6. The number of hydrogen-bond acceptors (Lipinski definition) is 7. The van der Waals surface area contributed by atoms with Gasteiger partial charge in [0, 0.05) is 11.6 Å². The number of nitro groups is 1. The van der Waals surface area contributed by atoms with Crippen LogP contribution in [-0.2, 0) is 0 Å². The first kappa shape index (κ1) is 13.9. The van der Waals surface area contributed by atoms with Gasteiger partial charge >= 0.3 is 5.00 Å². The predicted molar refractivity (Wildman–Crippen MR) is 81.1 cm³/mol. The molecule has 2 aromatic heterocycles. The third kappa shape index (κ3) is 2.83. The number of hydrogen-bond donors (Lipinski definition) is 1. The minimum absolute atomic E-state index is 0.0592. The van der Waals surface area contributed by atoms with Crippen molar-refractivity contribution in [2.45, 2.75) is 0 Å². The van der Waals surface area contributed by atoms with Crippen LogP contribution < -0.4 is 0 Å². The highest BCUT2D eigenvalue weighted by molar-refractivity contribution is 7.16. The van der Waals surface area contributed by atoms with Crippen LogP contribution in [0.5, 0.6) is 5.75 Å². The van der Waals surface area contributed by atoms with Gasteiger partial charge in [-0.1, -0.05) is 11.3 Å². The molecule has 8 nitrogen and oxygen atoms in total. The molecule has 0 atom stereocenters. The fourth-order valence-corrected chi connectivity index (χ4v) is 2.43. The minimum atomic E-state index is -0.442. The smallest absolute Gasteiger partial charge is 0.324 e. The lowest BCUT2D eigenvalue weighted by atomic mass is 10.2. The number of thiophene rings is 1. The highest BCUT2D eigenvalue weighted by Gasteiger charge is 2.09. The molecule has 3 rings (SSSR count). The molecule has 1 aromatic carbocycles. The molecule has 0 radical (unpaired) electrons. The molecule has 9 heteroatoms. The molecule has 0 saturated heterocycles. The topological polar surface area (TPSA) is 106 Å². The van der Waals surface area contributed by atoms with Crippen molar-refractivity contribution in [3.8, 4) is 17.1 Å². The molecule has 0 aliphatic heterocycles. The molecule has 2 heterocycles. The Kier molecular flexibility index (Phi) is 3.62.